The van der Waals surface area contributed by atoms with Gasteiger partial charge in [0.25, 0.3) is 5.91 Å². The van der Waals surface area contributed by atoms with Gasteiger partial charge in [-0.1, -0.05) is 30.3 Å². The molecule has 0 aliphatic carbocycles. The Morgan fingerprint density at radius 3 is 2.29 bits per heavy atom. The number of likely N-dealkylation sites (N-methyl/N-ethyl adjacent to an activating group) is 1. The van der Waals surface area contributed by atoms with Gasteiger partial charge in [-0.05, 0) is 43.3 Å². The van der Waals surface area contributed by atoms with Gasteiger partial charge < -0.3 is 20.4 Å². The van der Waals surface area contributed by atoms with Gasteiger partial charge in [-0.15, -0.1) is 0 Å². The van der Waals surface area contributed by atoms with E-state index in [0.29, 0.717) is 18.5 Å². The van der Waals surface area contributed by atoms with Crippen LogP contribution in [0.25, 0.3) is 0 Å². The fraction of sp³-hybridized carbons (Fsp3) is 0.423. The van der Waals surface area contributed by atoms with Crippen molar-refractivity contribution in [1.29, 1.82) is 0 Å². The number of carbonyl (C=O) groups is 3. The van der Waals surface area contributed by atoms with Crippen LogP contribution in [0.2, 0.25) is 0 Å². The maximum Gasteiger partial charge on any atom is 0.251 e. The summed E-state index contributed by atoms with van der Waals surface area (Å²) < 4.78 is 0. The summed E-state index contributed by atoms with van der Waals surface area (Å²) in [6.45, 7) is 5.29. The number of hydrogen-bond acceptors (Lipinski definition) is 5. The molecule has 1 atom stereocenters. The van der Waals surface area contributed by atoms with E-state index < -0.39 is 0 Å². The third-order valence-corrected chi connectivity index (χ3v) is 6.50. The molecule has 4 rings (SSSR count). The SMILES string of the molecule is CN1CCN(CC(NC(=O)CNC(=O)c2ccc(N3CCCC3=O)cc2)c2ccccc2)CC1. The van der Waals surface area contributed by atoms with Crippen molar-refractivity contribution in [3.63, 3.8) is 0 Å². The average molecular weight is 464 g/mol. The van der Waals surface area contributed by atoms with Crippen molar-refractivity contribution in [2.75, 3.05) is 57.8 Å². The van der Waals surface area contributed by atoms with Crippen molar-refractivity contribution in [3.8, 4) is 0 Å². The lowest BCUT2D eigenvalue weighted by atomic mass is 10.1. The topological polar surface area (TPSA) is 85.0 Å². The van der Waals surface area contributed by atoms with Gasteiger partial charge >= 0.3 is 0 Å². The number of benzene rings is 2. The highest BCUT2D eigenvalue weighted by atomic mass is 16.2. The van der Waals surface area contributed by atoms with Crippen molar-refractivity contribution in [2.24, 2.45) is 0 Å². The van der Waals surface area contributed by atoms with E-state index in [2.05, 4.69) is 27.5 Å². The molecule has 8 nitrogen and oxygen atoms in total. The van der Waals surface area contributed by atoms with E-state index in [-0.39, 0.29) is 30.3 Å². The molecule has 0 spiro atoms. The molecule has 2 saturated heterocycles. The molecule has 2 aliphatic heterocycles. The second-order valence-electron chi connectivity index (χ2n) is 9.01. The lowest BCUT2D eigenvalue weighted by Gasteiger charge is -2.35. The van der Waals surface area contributed by atoms with Crippen LogP contribution in [0.3, 0.4) is 0 Å². The number of nitrogens with zero attached hydrogens (tertiary/aromatic N) is 3. The summed E-state index contributed by atoms with van der Waals surface area (Å²) in [7, 11) is 2.12. The summed E-state index contributed by atoms with van der Waals surface area (Å²) in [6.07, 6.45) is 1.42. The average Bonchev–Trinajstić information content (AvgIpc) is 3.30. The molecule has 1 unspecified atom stereocenters. The molecule has 2 aromatic carbocycles. The molecule has 2 aromatic rings. The number of carbonyl (C=O) groups excluding carboxylic acids is 3. The smallest absolute Gasteiger partial charge is 0.251 e. The molecule has 2 fully saturated rings. The van der Waals surface area contributed by atoms with E-state index in [1.807, 2.05) is 30.3 Å². The number of amides is 3. The Kier molecular flexibility index (Phi) is 7.92. The largest absolute Gasteiger partial charge is 0.346 e. The van der Waals surface area contributed by atoms with Crippen LogP contribution < -0.4 is 15.5 Å². The zero-order valence-electron chi connectivity index (χ0n) is 19.7. The Balaban J connectivity index is 1.31. The highest BCUT2D eigenvalue weighted by Crippen LogP contribution is 2.21. The minimum atomic E-state index is -0.315. The van der Waals surface area contributed by atoms with Crippen LogP contribution in [-0.4, -0.2) is 80.4 Å². The normalized spacial score (nSPS) is 18.0. The minimum absolute atomic E-state index is 0.0999. The fourth-order valence-corrected chi connectivity index (χ4v) is 4.43. The summed E-state index contributed by atoms with van der Waals surface area (Å²) in [5.74, 6) is -0.432. The predicted molar refractivity (Wildman–Crippen MR) is 132 cm³/mol. The Morgan fingerprint density at radius 1 is 0.941 bits per heavy atom. The third kappa shape index (κ3) is 6.21. The molecule has 180 valence electrons. The van der Waals surface area contributed by atoms with E-state index in [4.69, 9.17) is 0 Å². The summed E-state index contributed by atoms with van der Waals surface area (Å²) in [6, 6.07) is 16.7. The first-order chi connectivity index (χ1) is 16.5. The van der Waals surface area contributed by atoms with E-state index >= 15 is 0 Å². The van der Waals surface area contributed by atoms with Gasteiger partial charge in [0.1, 0.15) is 0 Å². The molecule has 8 heteroatoms. The molecule has 3 amide bonds. The van der Waals surface area contributed by atoms with Gasteiger partial charge in [-0.3, -0.25) is 19.3 Å². The molecular weight excluding hydrogens is 430 g/mol. The number of piperazine rings is 1. The minimum Gasteiger partial charge on any atom is -0.346 e. The van der Waals surface area contributed by atoms with Gasteiger partial charge in [-0.25, -0.2) is 0 Å². The number of nitrogens with one attached hydrogen (secondary N) is 2. The Labute approximate surface area is 200 Å². The highest BCUT2D eigenvalue weighted by molar-refractivity contribution is 5.98. The molecule has 0 radical (unpaired) electrons. The fourth-order valence-electron chi connectivity index (χ4n) is 4.43. The second-order valence-corrected chi connectivity index (χ2v) is 9.01. The van der Waals surface area contributed by atoms with Gasteiger partial charge in [0.15, 0.2) is 0 Å². The Bertz CT molecular complexity index is 987. The van der Waals surface area contributed by atoms with Crippen LogP contribution in [0.5, 0.6) is 0 Å². The van der Waals surface area contributed by atoms with Gasteiger partial charge in [0, 0.05) is 56.9 Å². The second kappa shape index (κ2) is 11.3. The number of anilines is 1. The predicted octanol–water partition coefficient (Wildman–Crippen LogP) is 1.65. The van der Waals surface area contributed by atoms with Gasteiger partial charge in [0.2, 0.25) is 11.8 Å². The van der Waals surface area contributed by atoms with Crippen LogP contribution in [0.1, 0.15) is 34.8 Å². The summed E-state index contributed by atoms with van der Waals surface area (Å²) in [5, 5.41) is 5.81. The molecule has 0 bridgehead atoms. The standard InChI is InChI=1S/C26H33N5O3/c1-29-14-16-30(17-15-29)19-23(20-6-3-2-4-7-20)28-24(32)18-27-26(34)21-9-11-22(12-10-21)31-13-5-8-25(31)33/h2-4,6-7,9-12,23H,5,8,13-19H2,1H3,(H,27,34)(H,28,32). The molecule has 2 heterocycles. The summed E-state index contributed by atoms with van der Waals surface area (Å²) >= 11 is 0. The molecule has 0 saturated carbocycles. The van der Waals surface area contributed by atoms with E-state index in [1.165, 1.54) is 0 Å². The van der Waals surface area contributed by atoms with Crippen molar-refractivity contribution in [3.05, 3.63) is 65.7 Å². The van der Waals surface area contributed by atoms with Crippen molar-refractivity contribution < 1.29 is 14.4 Å². The summed E-state index contributed by atoms with van der Waals surface area (Å²) in [5.41, 5.74) is 2.31. The van der Waals surface area contributed by atoms with Crippen LogP contribution in [0, 0.1) is 0 Å². The van der Waals surface area contributed by atoms with Crippen molar-refractivity contribution in [2.45, 2.75) is 18.9 Å². The maximum atomic E-state index is 12.7. The van der Waals surface area contributed by atoms with Crippen molar-refractivity contribution >= 4 is 23.4 Å². The van der Waals surface area contributed by atoms with Crippen LogP contribution in [-0.2, 0) is 9.59 Å². The number of rotatable bonds is 8. The van der Waals surface area contributed by atoms with Crippen LogP contribution in [0.15, 0.2) is 54.6 Å². The zero-order valence-corrected chi connectivity index (χ0v) is 19.7. The highest BCUT2D eigenvalue weighted by Gasteiger charge is 2.23. The Morgan fingerprint density at radius 2 is 1.65 bits per heavy atom. The molecule has 0 aromatic heterocycles. The lowest BCUT2D eigenvalue weighted by Crippen LogP contribution is -2.48. The molecular formula is C26H33N5O3. The first kappa shape index (κ1) is 23.9. The first-order valence-electron chi connectivity index (χ1n) is 11.9. The van der Waals surface area contributed by atoms with Gasteiger partial charge in [-0.2, -0.15) is 0 Å². The van der Waals surface area contributed by atoms with Gasteiger partial charge in [0.05, 0.1) is 12.6 Å². The molecule has 2 aliphatic rings. The monoisotopic (exact) mass is 463 g/mol. The first-order valence-corrected chi connectivity index (χ1v) is 11.9. The van der Waals surface area contributed by atoms with E-state index in [1.54, 1.807) is 29.2 Å². The maximum absolute atomic E-state index is 12.7. The van der Waals surface area contributed by atoms with E-state index in [0.717, 1.165) is 50.4 Å². The zero-order chi connectivity index (χ0) is 23.9. The summed E-state index contributed by atoms with van der Waals surface area (Å²) in [4.78, 5) is 43.6. The van der Waals surface area contributed by atoms with Crippen LogP contribution >= 0.6 is 0 Å². The molecule has 34 heavy (non-hydrogen) atoms. The third-order valence-electron chi connectivity index (χ3n) is 6.50. The van der Waals surface area contributed by atoms with Crippen molar-refractivity contribution in [1.82, 2.24) is 20.4 Å². The van der Waals surface area contributed by atoms with E-state index in [9.17, 15) is 14.4 Å². The Hall–Kier alpha value is -3.23. The quantitative estimate of drug-likeness (QED) is 0.622. The number of hydrogen-bond donors (Lipinski definition) is 2. The van der Waals surface area contributed by atoms with Crippen LogP contribution in [0.4, 0.5) is 5.69 Å². The lowest BCUT2D eigenvalue weighted by molar-refractivity contribution is -0.121. The molecule has 2 N–H and O–H groups in total.